The third kappa shape index (κ3) is 2.97. The summed E-state index contributed by atoms with van der Waals surface area (Å²) in [5.41, 5.74) is -0.369. The Morgan fingerprint density at radius 1 is 1.35 bits per heavy atom. The van der Waals surface area contributed by atoms with Crippen LogP contribution in [0.3, 0.4) is 0 Å². The lowest BCUT2D eigenvalue weighted by molar-refractivity contribution is -0.143. The highest BCUT2D eigenvalue weighted by Crippen LogP contribution is 2.38. The van der Waals surface area contributed by atoms with Crippen molar-refractivity contribution >= 4 is 27.3 Å². The van der Waals surface area contributed by atoms with Crippen molar-refractivity contribution in [1.82, 2.24) is 9.21 Å². The van der Waals surface area contributed by atoms with Crippen molar-refractivity contribution in [3.8, 4) is 0 Å². The van der Waals surface area contributed by atoms with Crippen LogP contribution in [0.15, 0.2) is 34.4 Å². The molecule has 3 heterocycles. The van der Waals surface area contributed by atoms with Gasteiger partial charge in [0.1, 0.15) is 4.21 Å². The van der Waals surface area contributed by atoms with Crippen LogP contribution in [0.25, 0.3) is 0 Å². The fraction of sp³-hybridized carbons (Fsp3) is 0.562. The number of carbonyl (C=O) groups is 1. The summed E-state index contributed by atoms with van der Waals surface area (Å²) in [6.45, 7) is 5.16. The van der Waals surface area contributed by atoms with Crippen LogP contribution in [-0.2, 0) is 14.8 Å². The van der Waals surface area contributed by atoms with Gasteiger partial charge < -0.3 is 4.90 Å². The molecule has 2 fully saturated rings. The molecule has 2 aliphatic rings. The van der Waals surface area contributed by atoms with Gasteiger partial charge in [0.2, 0.25) is 5.91 Å². The van der Waals surface area contributed by atoms with Crippen LogP contribution in [-0.4, -0.2) is 48.7 Å². The number of rotatable bonds is 4. The maximum absolute atomic E-state index is 12.8. The Bertz CT molecular complexity index is 680. The van der Waals surface area contributed by atoms with Gasteiger partial charge in [-0.2, -0.15) is 4.31 Å². The summed E-state index contributed by atoms with van der Waals surface area (Å²) in [6, 6.07) is 3.40. The molecule has 1 unspecified atom stereocenters. The predicted molar refractivity (Wildman–Crippen MR) is 90.8 cm³/mol. The van der Waals surface area contributed by atoms with Gasteiger partial charge >= 0.3 is 0 Å². The molecule has 1 spiro atoms. The summed E-state index contributed by atoms with van der Waals surface area (Å²) in [7, 11) is -3.46. The monoisotopic (exact) mass is 354 g/mol. The van der Waals surface area contributed by atoms with Gasteiger partial charge in [0.15, 0.2) is 0 Å². The zero-order valence-electron chi connectivity index (χ0n) is 13.1. The first kappa shape index (κ1) is 16.7. The van der Waals surface area contributed by atoms with Gasteiger partial charge in [-0.05, 0) is 37.1 Å². The van der Waals surface area contributed by atoms with Crippen molar-refractivity contribution < 1.29 is 13.2 Å². The Balaban J connectivity index is 1.90. The van der Waals surface area contributed by atoms with E-state index in [1.807, 2.05) is 4.90 Å². The molecule has 126 valence electrons. The van der Waals surface area contributed by atoms with E-state index in [0.29, 0.717) is 30.3 Å². The number of carbonyl (C=O) groups excluding carboxylic acids is 1. The molecular weight excluding hydrogens is 332 g/mol. The molecule has 0 saturated carbocycles. The Kier molecular flexibility index (Phi) is 4.62. The molecule has 0 aromatic carbocycles. The van der Waals surface area contributed by atoms with Gasteiger partial charge in [-0.1, -0.05) is 12.1 Å². The van der Waals surface area contributed by atoms with Crippen molar-refractivity contribution in [1.29, 1.82) is 0 Å². The lowest BCUT2D eigenvalue weighted by Crippen LogP contribution is -2.63. The predicted octanol–water partition coefficient (Wildman–Crippen LogP) is 2.47. The molecule has 1 atom stereocenters. The van der Waals surface area contributed by atoms with Gasteiger partial charge in [0.05, 0.1) is 5.54 Å². The number of amides is 1. The van der Waals surface area contributed by atoms with E-state index in [-0.39, 0.29) is 11.4 Å². The van der Waals surface area contributed by atoms with E-state index >= 15 is 0 Å². The van der Waals surface area contributed by atoms with Crippen LogP contribution < -0.4 is 0 Å². The van der Waals surface area contributed by atoms with Gasteiger partial charge in [-0.3, -0.25) is 4.79 Å². The molecule has 0 N–H and O–H groups in total. The summed E-state index contributed by atoms with van der Waals surface area (Å²) in [6.07, 6.45) is 5.63. The van der Waals surface area contributed by atoms with E-state index in [9.17, 15) is 13.2 Å². The second-order valence-electron chi connectivity index (χ2n) is 6.25. The minimum Gasteiger partial charge on any atom is -0.332 e. The highest BCUT2D eigenvalue weighted by atomic mass is 32.2. The maximum Gasteiger partial charge on any atom is 0.252 e. The zero-order valence-corrected chi connectivity index (χ0v) is 14.7. The lowest BCUT2D eigenvalue weighted by atomic mass is 9.80. The van der Waals surface area contributed by atoms with Crippen LogP contribution in [0.1, 0.15) is 32.1 Å². The van der Waals surface area contributed by atoms with Crippen molar-refractivity contribution in [2.24, 2.45) is 0 Å². The number of thiophene rings is 1. The molecule has 0 radical (unpaired) electrons. The smallest absolute Gasteiger partial charge is 0.252 e. The SMILES string of the molecule is C=CCN1C(=O)CCCC12CCCN(S(=O)(=O)c1cccs1)C2. The fourth-order valence-electron chi connectivity index (χ4n) is 3.77. The van der Waals surface area contributed by atoms with Crippen molar-refractivity contribution in [2.45, 2.75) is 41.9 Å². The minimum absolute atomic E-state index is 0.117. The fourth-order valence-corrected chi connectivity index (χ4v) is 6.47. The number of nitrogens with zero attached hydrogens (tertiary/aromatic N) is 2. The normalized spacial score (nSPS) is 26.6. The average molecular weight is 354 g/mol. The van der Waals surface area contributed by atoms with E-state index < -0.39 is 10.0 Å². The van der Waals surface area contributed by atoms with E-state index in [2.05, 4.69) is 6.58 Å². The molecular formula is C16H22N2O3S2. The first-order valence-corrected chi connectivity index (χ1v) is 10.3. The second-order valence-corrected chi connectivity index (χ2v) is 9.36. The number of hydrogen-bond donors (Lipinski definition) is 0. The Morgan fingerprint density at radius 2 is 2.13 bits per heavy atom. The zero-order chi connectivity index (χ0) is 16.5. The first-order chi connectivity index (χ1) is 11.0. The summed E-state index contributed by atoms with van der Waals surface area (Å²) in [4.78, 5) is 14.2. The van der Waals surface area contributed by atoms with Crippen molar-refractivity contribution in [3.05, 3.63) is 30.2 Å². The number of sulfonamides is 1. The Hall–Kier alpha value is -1.18. The highest BCUT2D eigenvalue weighted by molar-refractivity contribution is 7.91. The number of piperidine rings is 2. The van der Waals surface area contributed by atoms with Crippen LogP contribution in [0.4, 0.5) is 0 Å². The van der Waals surface area contributed by atoms with E-state index in [1.54, 1.807) is 27.9 Å². The Labute approximate surface area is 141 Å². The maximum atomic E-state index is 12.8. The number of hydrogen-bond acceptors (Lipinski definition) is 4. The summed E-state index contributed by atoms with van der Waals surface area (Å²) >= 11 is 1.24. The van der Waals surface area contributed by atoms with E-state index in [0.717, 1.165) is 25.7 Å². The van der Waals surface area contributed by atoms with Crippen LogP contribution in [0.5, 0.6) is 0 Å². The largest absolute Gasteiger partial charge is 0.332 e. The van der Waals surface area contributed by atoms with Gasteiger partial charge in [0, 0.05) is 26.1 Å². The molecule has 7 heteroatoms. The van der Waals surface area contributed by atoms with Crippen LogP contribution in [0, 0.1) is 0 Å². The molecule has 1 aromatic rings. The molecule has 2 saturated heterocycles. The van der Waals surface area contributed by atoms with Gasteiger partial charge in [-0.15, -0.1) is 17.9 Å². The molecule has 23 heavy (non-hydrogen) atoms. The van der Waals surface area contributed by atoms with Crippen LogP contribution in [0.2, 0.25) is 0 Å². The molecule has 1 aromatic heterocycles. The molecule has 3 rings (SSSR count). The minimum atomic E-state index is -3.46. The Morgan fingerprint density at radius 3 is 2.83 bits per heavy atom. The highest BCUT2D eigenvalue weighted by Gasteiger charge is 2.47. The summed E-state index contributed by atoms with van der Waals surface area (Å²) in [5.74, 6) is 0.117. The molecule has 0 bridgehead atoms. The number of likely N-dealkylation sites (tertiary alicyclic amines) is 1. The lowest BCUT2D eigenvalue weighted by Gasteiger charge is -2.51. The van der Waals surface area contributed by atoms with Gasteiger partial charge in [-0.25, -0.2) is 8.42 Å². The molecule has 0 aliphatic carbocycles. The molecule has 2 aliphatic heterocycles. The summed E-state index contributed by atoms with van der Waals surface area (Å²) in [5, 5.41) is 1.78. The topological polar surface area (TPSA) is 57.7 Å². The van der Waals surface area contributed by atoms with Crippen molar-refractivity contribution in [3.63, 3.8) is 0 Å². The third-order valence-electron chi connectivity index (χ3n) is 4.83. The van der Waals surface area contributed by atoms with Gasteiger partial charge in [0.25, 0.3) is 10.0 Å². The van der Waals surface area contributed by atoms with E-state index in [4.69, 9.17) is 0 Å². The molecule has 5 nitrogen and oxygen atoms in total. The average Bonchev–Trinajstić information content (AvgIpc) is 3.07. The first-order valence-electron chi connectivity index (χ1n) is 7.95. The standard InChI is InChI=1S/C16H22N2O3S2/c1-2-10-18-14(19)6-3-8-16(18)9-5-11-17(13-16)23(20,21)15-7-4-12-22-15/h2,4,7,12H,1,3,5-6,8-11,13H2. The second kappa shape index (κ2) is 6.37. The quantitative estimate of drug-likeness (QED) is 0.781. The molecule has 1 amide bonds. The van der Waals surface area contributed by atoms with Crippen LogP contribution >= 0.6 is 11.3 Å². The third-order valence-corrected chi connectivity index (χ3v) is 8.05. The van der Waals surface area contributed by atoms with E-state index in [1.165, 1.54) is 11.3 Å². The van der Waals surface area contributed by atoms with Crippen molar-refractivity contribution in [2.75, 3.05) is 19.6 Å². The summed E-state index contributed by atoms with van der Waals surface area (Å²) < 4.78 is 27.6.